The van der Waals surface area contributed by atoms with Crippen molar-refractivity contribution in [2.75, 3.05) is 80.6 Å². The van der Waals surface area contributed by atoms with E-state index in [1.165, 1.54) is 54.7 Å². The van der Waals surface area contributed by atoms with E-state index in [9.17, 15) is 33.2 Å². The van der Waals surface area contributed by atoms with E-state index in [1.807, 2.05) is 18.2 Å². The van der Waals surface area contributed by atoms with E-state index < -0.39 is 23.7 Å². The summed E-state index contributed by atoms with van der Waals surface area (Å²) in [6.45, 7) is 0. The molecule has 3 aromatic carbocycles. The van der Waals surface area contributed by atoms with Crippen LogP contribution in [0, 0.1) is 23.7 Å². The predicted molar refractivity (Wildman–Crippen MR) is 369 cm³/mol. The Morgan fingerprint density at radius 1 is 0.526 bits per heavy atom. The molecule has 3 fully saturated rings. The number of benzene rings is 3. The summed E-state index contributed by atoms with van der Waals surface area (Å²) in [5.41, 5.74) is 21.1. The second-order valence-corrected chi connectivity index (χ2v) is 22.3. The second-order valence-electron chi connectivity index (χ2n) is 21.9. The number of pyridine rings is 3. The maximum absolute atomic E-state index is 14.8. The number of nitrogens with one attached hydrogen (secondary N) is 7. The molecular weight excluding hydrogens is 1280 g/mol. The molecule has 6 heterocycles. The van der Waals surface area contributed by atoms with Gasteiger partial charge in [-0.3, -0.25) is 38.0 Å². The molecule has 9 aromatic rings. The Hall–Kier alpha value is -12.0. The molecule has 5 amide bonds. The number of ether oxygens (including phenoxy) is 4. The van der Waals surface area contributed by atoms with E-state index in [1.54, 1.807) is 96.6 Å². The molecule has 0 aliphatic heterocycles. The first kappa shape index (κ1) is 69.3. The number of nitrogen functional groups attached to an aromatic ring is 2. The van der Waals surface area contributed by atoms with Crippen molar-refractivity contribution in [1.82, 2.24) is 69.9 Å². The topological polar surface area (TPSA) is 432 Å². The summed E-state index contributed by atoms with van der Waals surface area (Å²) in [6.07, 6.45) is 10.1. The van der Waals surface area contributed by atoms with Crippen molar-refractivity contribution in [3.05, 3.63) is 120 Å². The fourth-order valence-electron chi connectivity index (χ4n) is 9.49. The Kier molecular flexibility index (Phi) is 22.0. The highest BCUT2D eigenvalue weighted by atomic mass is 35.5. The van der Waals surface area contributed by atoms with Crippen molar-refractivity contribution in [3.8, 4) is 51.4 Å². The number of hydrogen-bond donors (Lipinski definition) is 10. The molecule has 0 radical (unpaired) electrons. The monoisotopic (exact) mass is 1360 g/mol. The van der Waals surface area contributed by atoms with Gasteiger partial charge >= 0.3 is 5.97 Å². The summed E-state index contributed by atoms with van der Waals surface area (Å²) in [5, 5.41) is 32.8. The quantitative estimate of drug-likeness (QED) is 0.0254. The molecule has 3 saturated carbocycles. The van der Waals surface area contributed by atoms with Gasteiger partial charge in [-0.05, 0) is 74.9 Å². The number of rotatable bonds is 20. The van der Waals surface area contributed by atoms with Crippen molar-refractivity contribution in [3.63, 3.8) is 0 Å². The van der Waals surface area contributed by atoms with E-state index in [-0.39, 0.29) is 93.4 Å². The van der Waals surface area contributed by atoms with Gasteiger partial charge in [0.2, 0.25) is 23.7 Å². The molecule has 0 spiro atoms. The Balaban J connectivity index is 0.000000304. The number of hydrogen-bond acceptors (Lipinski definition) is 24. The fraction of sp³-hybridized carbons (Fsp3) is 0.286. The zero-order valence-corrected chi connectivity index (χ0v) is 54.8. The van der Waals surface area contributed by atoms with Gasteiger partial charge in [-0.1, -0.05) is 29.8 Å². The molecule has 97 heavy (non-hydrogen) atoms. The third-order valence-corrected chi connectivity index (χ3v) is 14.9. The summed E-state index contributed by atoms with van der Waals surface area (Å²) in [4.78, 5) is 96.0. The zero-order valence-electron chi connectivity index (χ0n) is 54.1. The molecule has 0 atom stereocenters. The van der Waals surface area contributed by atoms with Gasteiger partial charge in [-0.2, -0.15) is 19.7 Å². The summed E-state index contributed by atoms with van der Waals surface area (Å²) in [5.74, 6) is -0.0227. The lowest BCUT2D eigenvalue weighted by Crippen LogP contribution is -2.23. The van der Waals surface area contributed by atoms with Crippen LogP contribution in [0.3, 0.4) is 0 Å². The van der Waals surface area contributed by atoms with Gasteiger partial charge in [0.05, 0.1) is 79.3 Å². The number of para-hydroxylation sites is 3. The Labute approximate surface area is 566 Å². The van der Waals surface area contributed by atoms with Gasteiger partial charge < -0.3 is 73.4 Å². The summed E-state index contributed by atoms with van der Waals surface area (Å²) >= 11 is 6.00. The SMILES string of the molecule is CNC(=O)c1c(Nc2cccc(-c3ncn(C)n3)c2OC)cc(NC(=O)C2CC2)nc1F.CNC(=O)c1c(Nc2cccc(-c3ncn(C)n3)c2OC)cc(NC(=O)C2CC2)nc1N.COC(=O)c1c(Nc2cccc(-c3ncn(C)n3)c2OC)cc(Cl)nc1N.NC(=O)C1CC1.[HH].[HH].[HH].[HH].[HH]. The lowest BCUT2D eigenvalue weighted by molar-refractivity contribution is -0.119. The number of aryl methyl sites for hydroxylation is 3. The van der Waals surface area contributed by atoms with Crippen LogP contribution in [0.2, 0.25) is 5.15 Å². The average Bonchev–Trinajstić information content (AvgIpc) is 1.58. The second kappa shape index (κ2) is 30.8. The molecule has 3 aliphatic carbocycles. The van der Waals surface area contributed by atoms with E-state index in [2.05, 4.69) is 82.4 Å². The number of halogens is 2. The van der Waals surface area contributed by atoms with Gasteiger partial charge in [0.1, 0.15) is 64.1 Å². The first-order chi connectivity index (χ1) is 46.6. The van der Waals surface area contributed by atoms with Crippen molar-refractivity contribution < 1.29 is 59.2 Å². The number of nitrogens with zero attached hydrogens (tertiary/aromatic N) is 12. The van der Waals surface area contributed by atoms with Crippen LogP contribution in [0.4, 0.5) is 61.8 Å². The van der Waals surface area contributed by atoms with Crippen LogP contribution < -0.4 is 68.6 Å². The summed E-state index contributed by atoms with van der Waals surface area (Å²) < 4.78 is 41.1. The summed E-state index contributed by atoms with van der Waals surface area (Å²) in [7, 11) is 14.0. The number of methoxy groups -OCH3 is 4. The van der Waals surface area contributed by atoms with E-state index in [4.69, 9.17) is 47.7 Å². The number of anilines is 10. The van der Waals surface area contributed by atoms with Crippen molar-refractivity contribution >= 4 is 105 Å². The molecule has 0 bridgehead atoms. The van der Waals surface area contributed by atoms with E-state index in [0.29, 0.717) is 79.8 Å². The van der Waals surface area contributed by atoms with Crippen molar-refractivity contribution in [2.45, 2.75) is 38.5 Å². The Morgan fingerprint density at radius 2 is 0.897 bits per heavy atom. The maximum Gasteiger partial charge on any atom is 0.343 e. The first-order valence-corrected chi connectivity index (χ1v) is 30.2. The predicted octanol–water partition coefficient (Wildman–Crippen LogP) is 8.16. The maximum atomic E-state index is 14.8. The van der Waals surface area contributed by atoms with Gasteiger partial charge in [0.25, 0.3) is 11.8 Å². The summed E-state index contributed by atoms with van der Waals surface area (Å²) in [6, 6.07) is 20.6. The van der Waals surface area contributed by atoms with Crippen LogP contribution in [0.25, 0.3) is 34.2 Å². The van der Waals surface area contributed by atoms with Crippen LogP contribution in [0.5, 0.6) is 17.2 Å². The Bertz CT molecular complexity index is 4280. The molecule has 516 valence electrons. The highest BCUT2D eigenvalue weighted by Crippen LogP contribution is 2.42. The standard InChI is InChI=1S/C21H22FN7O3.C21H24N8O3.C17H17ClN6O3.C4H7NO.5H2/c2*1-23-21(31)16-14(9-15(26-18(16)22)27-20(30)11-7-8-11)25-13-6-4-5-12(17(13)32-3)19-24-10-29(2)28-19;1-24-8-20-16(23-24)9-5-4-6-10(14(9)26-2)21-11-7-12(18)22-15(19)13(11)17(25)27-3;5-4(6)3-1-2-3;;;;;/h4-6,9-11H,7-8H2,1-3H3,(H,23,31)(H2,25,26,27,30);4-6,9-11H,7-8H2,1-3H3,(H,23,31)(H4,22,25,26,27,30);4-8H,1-3H3,(H3,19,21,22);3H,1-2H2,(H2,5,6);5*1H. The first-order valence-electron chi connectivity index (χ1n) is 29.9. The minimum absolute atomic E-state index is 0. The molecule has 12 rings (SSSR count). The normalized spacial score (nSPS) is 12.7. The Morgan fingerprint density at radius 3 is 1.24 bits per heavy atom. The number of primary amides is 1. The van der Waals surface area contributed by atoms with Crippen LogP contribution in [0.15, 0.2) is 91.8 Å². The minimum atomic E-state index is -1.01. The number of amides is 5. The van der Waals surface area contributed by atoms with Crippen LogP contribution >= 0.6 is 11.6 Å². The lowest BCUT2D eigenvalue weighted by atomic mass is 10.1. The van der Waals surface area contributed by atoms with Gasteiger partial charge in [-0.25, -0.2) is 34.7 Å². The molecular formula is C63H80ClFN22O10. The third-order valence-electron chi connectivity index (χ3n) is 14.7. The molecule has 0 saturated heterocycles. The van der Waals surface area contributed by atoms with Gasteiger partial charge in [0.15, 0.2) is 34.7 Å². The molecule has 3 aliphatic rings. The number of esters is 1. The highest BCUT2D eigenvalue weighted by molar-refractivity contribution is 6.30. The smallest absolute Gasteiger partial charge is 0.343 e. The fourth-order valence-corrected chi connectivity index (χ4v) is 9.69. The molecule has 0 unspecified atom stereocenters. The minimum Gasteiger partial charge on any atom is -0.494 e. The van der Waals surface area contributed by atoms with Crippen LogP contribution in [-0.2, 0) is 40.3 Å². The molecule has 13 N–H and O–H groups in total. The number of carbonyl (C=O) groups is 6. The third kappa shape index (κ3) is 17.0. The van der Waals surface area contributed by atoms with Crippen LogP contribution in [0.1, 0.15) is 76.7 Å². The van der Waals surface area contributed by atoms with Crippen LogP contribution in [-0.4, -0.2) is 137 Å². The largest absolute Gasteiger partial charge is 0.494 e. The molecule has 34 heteroatoms. The average molecular weight is 1360 g/mol. The number of carbonyl (C=O) groups excluding carboxylic acids is 6. The molecule has 6 aromatic heterocycles. The number of aromatic nitrogens is 12. The lowest BCUT2D eigenvalue weighted by Gasteiger charge is -2.18. The number of nitrogens with two attached hydrogens (primary N) is 3. The zero-order chi connectivity index (χ0) is 69.8. The van der Waals surface area contributed by atoms with E-state index in [0.717, 1.165) is 38.5 Å². The van der Waals surface area contributed by atoms with Gasteiger partial charge in [0, 0.05) is 78.3 Å². The van der Waals surface area contributed by atoms with Gasteiger partial charge in [-0.15, -0.1) is 0 Å². The van der Waals surface area contributed by atoms with E-state index >= 15 is 0 Å². The van der Waals surface area contributed by atoms with Crippen molar-refractivity contribution in [1.29, 1.82) is 0 Å². The highest BCUT2D eigenvalue weighted by Gasteiger charge is 2.33. The van der Waals surface area contributed by atoms with Crippen molar-refractivity contribution in [2.24, 2.45) is 44.6 Å². The molecule has 32 nitrogen and oxygen atoms in total.